The third kappa shape index (κ3) is 7.31. The van der Waals surface area contributed by atoms with Gasteiger partial charge in [0.25, 0.3) is 0 Å². The minimum absolute atomic E-state index is 0.185. The Hall–Kier alpha value is -1.33. The first-order chi connectivity index (χ1) is 9.29. The van der Waals surface area contributed by atoms with Gasteiger partial charge in [-0.05, 0) is 26.5 Å². The van der Waals surface area contributed by atoms with E-state index in [9.17, 15) is 4.39 Å². The molecule has 0 rings (SSSR count). The highest BCUT2D eigenvalue weighted by molar-refractivity contribution is 5.27. The van der Waals surface area contributed by atoms with Crippen LogP contribution < -0.4 is 5.73 Å². The Labute approximate surface area is 122 Å². The first-order valence-corrected chi connectivity index (χ1v) is 6.70. The van der Waals surface area contributed by atoms with Crippen molar-refractivity contribution in [2.75, 3.05) is 40.9 Å². The maximum atomic E-state index is 13.7. The van der Waals surface area contributed by atoms with E-state index in [-0.39, 0.29) is 5.70 Å². The van der Waals surface area contributed by atoms with Crippen molar-refractivity contribution >= 4 is 0 Å². The monoisotopic (exact) mass is 285 g/mol. The molecule has 0 spiro atoms. The maximum Gasteiger partial charge on any atom is 0.147 e. The Morgan fingerprint density at radius 2 is 1.95 bits per heavy atom. The Kier molecular flexibility index (Phi) is 8.92. The van der Waals surface area contributed by atoms with E-state index in [1.165, 1.54) is 6.08 Å². The van der Waals surface area contributed by atoms with E-state index in [0.29, 0.717) is 18.3 Å². The number of ether oxygens (including phenoxy) is 1. The molecule has 0 aromatic heterocycles. The lowest BCUT2D eigenvalue weighted by molar-refractivity contribution is 0.137. The largest absolute Gasteiger partial charge is 0.399 e. The van der Waals surface area contributed by atoms with Gasteiger partial charge in [-0.2, -0.15) is 0 Å². The Morgan fingerprint density at radius 1 is 1.35 bits per heavy atom. The normalized spacial score (nSPS) is 13.4. The first-order valence-electron chi connectivity index (χ1n) is 6.70. The van der Waals surface area contributed by atoms with Crippen LogP contribution in [0.2, 0.25) is 0 Å². The number of methoxy groups -OCH3 is 1. The summed E-state index contributed by atoms with van der Waals surface area (Å²) in [7, 11) is 5.56. The molecule has 0 radical (unpaired) electrons. The molecule has 0 bridgehead atoms. The highest BCUT2D eigenvalue weighted by Crippen LogP contribution is 2.15. The third-order valence-electron chi connectivity index (χ3n) is 3.33. The Bertz CT molecular complexity index is 355. The van der Waals surface area contributed by atoms with Crippen molar-refractivity contribution in [1.82, 2.24) is 9.80 Å². The number of halogens is 1. The summed E-state index contributed by atoms with van der Waals surface area (Å²) < 4.78 is 18.8. The SMILES string of the molecule is C=C(N)/C=C(/F)C(=C)N(C)CCC(C)N(C)CCOC. The van der Waals surface area contributed by atoms with Gasteiger partial charge in [-0.1, -0.05) is 13.2 Å². The third-order valence-corrected chi connectivity index (χ3v) is 3.33. The second-order valence-corrected chi connectivity index (χ2v) is 5.05. The number of likely N-dealkylation sites (N-methyl/N-ethyl adjacent to an activating group) is 2. The molecule has 0 saturated heterocycles. The molecule has 0 saturated carbocycles. The first kappa shape index (κ1) is 18.7. The minimum atomic E-state index is -0.444. The fourth-order valence-electron chi connectivity index (χ4n) is 1.62. The van der Waals surface area contributed by atoms with Crippen LogP contribution in [0.1, 0.15) is 13.3 Å². The molecule has 2 N–H and O–H groups in total. The zero-order valence-electron chi connectivity index (χ0n) is 13.2. The van der Waals surface area contributed by atoms with E-state index >= 15 is 0 Å². The van der Waals surface area contributed by atoms with Crippen molar-refractivity contribution in [2.45, 2.75) is 19.4 Å². The predicted octanol–water partition coefficient (Wildman–Crippen LogP) is 2.11. The smallest absolute Gasteiger partial charge is 0.147 e. The number of nitrogens with zero attached hydrogens (tertiary/aromatic N) is 2. The van der Waals surface area contributed by atoms with E-state index in [0.717, 1.165) is 19.5 Å². The van der Waals surface area contributed by atoms with Gasteiger partial charge in [-0.25, -0.2) is 4.39 Å². The quantitative estimate of drug-likeness (QED) is 0.624. The van der Waals surface area contributed by atoms with Gasteiger partial charge in [0.1, 0.15) is 5.83 Å². The van der Waals surface area contributed by atoms with Crippen LogP contribution in [0.3, 0.4) is 0 Å². The van der Waals surface area contributed by atoms with Crippen molar-refractivity contribution in [1.29, 1.82) is 0 Å². The highest BCUT2D eigenvalue weighted by Gasteiger charge is 2.12. The molecular formula is C15H28FN3O. The van der Waals surface area contributed by atoms with Crippen molar-refractivity contribution in [3.63, 3.8) is 0 Å². The predicted molar refractivity (Wildman–Crippen MR) is 82.9 cm³/mol. The van der Waals surface area contributed by atoms with Crippen LogP contribution in [0.4, 0.5) is 4.39 Å². The second kappa shape index (κ2) is 9.55. The fourth-order valence-corrected chi connectivity index (χ4v) is 1.62. The summed E-state index contributed by atoms with van der Waals surface area (Å²) in [6, 6.07) is 0.386. The van der Waals surface area contributed by atoms with E-state index in [1.807, 2.05) is 7.05 Å². The molecule has 116 valence electrons. The van der Waals surface area contributed by atoms with Crippen LogP contribution in [0.15, 0.2) is 36.5 Å². The van der Waals surface area contributed by atoms with E-state index in [4.69, 9.17) is 10.5 Å². The van der Waals surface area contributed by atoms with Gasteiger partial charge in [0.05, 0.1) is 12.3 Å². The molecule has 0 aromatic carbocycles. The van der Waals surface area contributed by atoms with Crippen molar-refractivity contribution in [2.24, 2.45) is 5.73 Å². The van der Waals surface area contributed by atoms with Gasteiger partial charge in [-0.3, -0.25) is 0 Å². The molecule has 0 aromatic rings. The zero-order valence-corrected chi connectivity index (χ0v) is 13.2. The lowest BCUT2D eigenvalue weighted by Crippen LogP contribution is -2.34. The highest BCUT2D eigenvalue weighted by atomic mass is 19.1. The molecule has 20 heavy (non-hydrogen) atoms. The molecule has 0 fully saturated rings. The minimum Gasteiger partial charge on any atom is -0.399 e. The molecule has 5 heteroatoms. The van der Waals surface area contributed by atoms with Gasteiger partial charge in [-0.15, -0.1) is 0 Å². The van der Waals surface area contributed by atoms with Gasteiger partial charge in [0.2, 0.25) is 0 Å². The van der Waals surface area contributed by atoms with Gasteiger partial charge >= 0.3 is 0 Å². The van der Waals surface area contributed by atoms with E-state index < -0.39 is 5.83 Å². The number of allylic oxidation sites excluding steroid dienone is 2. The second-order valence-electron chi connectivity index (χ2n) is 5.05. The molecular weight excluding hydrogens is 257 g/mol. The van der Waals surface area contributed by atoms with Crippen LogP contribution in [0, 0.1) is 0 Å². The zero-order chi connectivity index (χ0) is 15.7. The molecule has 1 atom stereocenters. The molecule has 4 nitrogen and oxygen atoms in total. The van der Waals surface area contributed by atoms with Gasteiger partial charge in [0.15, 0.2) is 0 Å². The number of rotatable bonds is 10. The summed E-state index contributed by atoms with van der Waals surface area (Å²) in [5.74, 6) is -0.444. The molecule has 0 aliphatic carbocycles. The maximum absolute atomic E-state index is 13.7. The van der Waals surface area contributed by atoms with E-state index in [2.05, 4.69) is 32.0 Å². The van der Waals surface area contributed by atoms with E-state index in [1.54, 1.807) is 12.0 Å². The molecule has 0 aliphatic rings. The number of hydrogen-bond acceptors (Lipinski definition) is 4. The summed E-state index contributed by atoms with van der Waals surface area (Å²) in [6.45, 7) is 11.6. The van der Waals surface area contributed by atoms with Gasteiger partial charge < -0.3 is 20.3 Å². The fraction of sp³-hybridized carbons (Fsp3) is 0.600. The summed E-state index contributed by atoms with van der Waals surface area (Å²) in [5.41, 5.74) is 5.86. The topological polar surface area (TPSA) is 41.7 Å². The average molecular weight is 285 g/mol. The molecule has 0 heterocycles. The molecule has 0 aliphatic heterocycles. The molecule has 1 unspecified atom stereocenters. The summed E-state index contributed by atoms with van der Waals surface area (Å²) >= 11 is 0. The summed E-state index contributed by atoms with van der Waals surface area (Å²) in [5, 5.41) is 0. The summed E-state index contributed by atoms with van der Waals surface area (Å²) in [6.07, 6.45) is 2.10. The average Bonchev–Trinajstić information content (AvgIpc) is 2.39. The Morgan fingerprint density at radius 3 is 2.45 bits per heavy atom. The Balaban J connectivity index is 4.24. The van der Waals surface area contributed by atoms with Crippen LogP contribution in [0.5, 0.6) is 0 Å². The van der Waals surface area contributed by atoms with Crippen molar-refractivity contribution < 1.29 is 9.13 Å². The van der Waals surface area contributed by atoms with Crippen LogP contribution >= 0.6 is 0 Å². The number of nitrogens with two attached hydrogens (primary N) is 1. The van der Waals surface area contributed by atoms with Crippen LogP contribution in [-0.4, -0.2) is 56.7 Å². The number of hydrogen-bond donors (Lipinski definition) is 1. The van der Waals surface area contributed by atoms with Crippen LogP contribution in [-0.2, 0) is 4.74 Å². The van der Waals surface area contributed by atoms with Crippen LogP contribution in [0.25, 0.3) is 0 Å². The van der Waals surface area contributed by atoms with Gasteiger partial charge in [0, 0.05) is 39.0 Å². The lowest BCUT2D eigenvalue weighted by atomic mass is 10.2. The lowest BCUT2D eigenvalue weighted by Gasteiger charge is -2.27. The van der Waals surface area contributed by atoms with Crippen molar-refractivity contribution in [3.05, 3.63) is 36.5 Å². The summed E-state index contributed by atoms with van der Waals surface area (Å²) in [4.78, 5) is 4.00. The molecule has 0 amide bonds. The standard InChI is InChI=1S/C15H28FN3O/c1-12(17)11-15(16)14(3)19(5)8-7-13(2)18(4)9-10-20-6/h11,13H,1,3,7-10,17H2,2,4-6H3/b15-11+. The van der Waals surface area contributed by atoms with Crippen molar-refractivity contribution in [3.8, 4) is 0 Å².